The molecule has 0 aliphatic rings. The molecule has 0 aliphatic heterocycles. The Morgan fingerprint density at radius 1 is 1.78 bits per heavy atom. The summed E-state index contributed by atoms with van der Waals surface area (Å²) in [5, 5.41) is 0. The molecule has 1 heterocycles. The Kier molecular flexibility index (Phi) is 1.98. The predicted octanol–water partition coefficient (Wildman–Crippen LogP) is 1.51. The van der Waals surface area contributed by atoms with Gasteiger partial charge >= 0.3 is 8.03 Å². The Labute approximate surface area is 53.2 Å². The second-order valence-corrected chi connectivity index (χ2v) is 2.61. The molecule has 1 atom stereocenters. The maximum Gasteiger partial charge on any atom is 0.513 e. The van der Waals surface area contributed by atoms with Crippen molar-refractivity contribution in [1.29, 1.82) is 0 Å². The van der Waals surface area contributed by atoms with Crippen LogP contribution in [0.4, 0.5) is 0 Å². The van der Waals surface area contributed by atoms with Crippen LogP contribution in [-0.4, -0.2) is 4.89 Å². The lowest BCUT2D eigenvalue weighted by molar-refractivity contribution is 0.484. The SMILES string of the molecule is O=[P+](O)Cc1ccco1. The monoisotopic (exact) mass is 145 g/mol. The maximum absolute atomic E-state index is 10.2. The first-order valence-corrected chi connectivity index (χ1v) is 3.85. The molecule has 1 aromatic heterocycles. The molecule has 0 bridgehead atoms. The molecule has 1 N–H and O–H groups in total. The van der Waals surface area contributed by atoms with E-state index < -0.39 is 8.03 Å². The first kappa shape index (κ1) is 6.46. The zero-order valence-electron chi connectivity index (χ0n) is 4.65. The van der Waals surface area contributed by atoms with Gasteiger partial charge in [-0.3, -0.25) is 0 Å². The predicted molar refractivity (Wildman–Crippen MR) is 32.2 cm³/mol. The number of rotatable bonds is 2. The third-order valence-corrected chi connectivity index (χ3v) is 1.45. The van der Waals surface area contributed by atoms with E-state index in [2.05, 4.69) is 0 Å². The van der Waals surface area contributed by atoms with Crippen molar-refractivity contribution in [3.63, 3.8) is 0 Å². The molecule has 0 saturated heterocycles. The van der Waals surface area contributed by atoms with Crippen LogP contribution in [0.3, 0.4) is 0 Å². The third kappa shape index (κ3) is 1.96. The van der Waals surface area contributed by atoms with E-state index in [1.807, 2.05) is 0 Å². The van der Waals surface area contributed by atoms with Crippen molar-refractivity contribution in [2.24, 2.45) is 0 Å². The molecule has 3 nitrogen and oxygen atoms in total. The van der Waals surface area contributed by atoms with Gasteiger partial charge < -0.3 is 4.42 Å². The fourth-order valence-electron chi connectivity index (χ4n) is 0.536. The van der Waals surface area contributed by atoms with Gasteiger partial charge in [-0.1, -0.05) is 0 Å². The molecule has 0 fully saturated rings. The summed E-state index contributed by atoms with van der Waals surface area (Å²) in [6.45, 7) is 0. The summed E-state index contributed by atoms with van der Waals surface area (Å²) in [6, 6.07) is 3.36. The molecule has 0 spiro atoms. The van der Waals surface area contributed by atoms with E-state index in [0.29, 0.717) is 5.76 Å². The highest BCUT2D eigenvalue weighted by atomic mass is 31.1. The van der Waals surface area contributed by atoms with Crippen LogP contribution < -0.4 is 0 Å². The van der Waals surface area contributed by atoms with Gasteiger partial charge in [0.1, 0.15) is 0 Å². The van der Waals surface area contributed by atoms with Crippen molar-refractivity contribution in [3.8, 4) is 0 Å². The fourth-order valence-corrected chi connectivity index (χ4v) is 0.982. The van der Waals surface area contributed by atoms with Crippen molar-refractivity contribution in [2.45, 2.75) is 6.16 Å². The average Bonchev–Trinajstić information content (AvgIpc) is 2.15. The standard InChI is InChI=1S/C5H5O3P/c6-9(7)4-5-2-1-3-8-5/h1-3H,4H2/p+1. The highest BCUT2D eigenvalue weighted by Gasteiger charge is 2.12. The topological polar surface area (TPSA) is 50.4 Å². The van der Waals surface area contributed by atoms with Crippen molar-refractivity contribution in [2.75, 3.05) is 0 Å². The summed E-state index contributed by atoms with van der Waals surface area (Å²) in [5.41, 5.74) is 0. The van der Waals surface area contributed by atoms with Crippen LogP contribution in [0.1, 0.15) is 5.76 Å². The second-order valence-electron chi connectivity index (χ2n) is 1.59. The minimum Gasteiger partial charge on any atom is -0.465 e. The molecule has 9 heavy (non-hydrogen) atoms. The largest absolute Gasteiger partial charge is 0.513 e. The smallest absolute Gasteiger partial charge is 0.465 e. The number of hydrogen-bond donors (Lipinski definition) is 1. The third-order valence-electron chi connectivity index (χ3n) is 0.871. The Morgan fingerprint density at radius 2 is 2.56 bits per heavy atom. The van der Waals surface area contributed by atoms with Crippen LogP contribution in [0.5, 0.6) is 0 Å². The molecule has 48 valence electrons. The molecule has 4 heteroatoms. The first-order chi connectivity index (χ1) is 4.29. The fraction of sp³-hybridized carbons (Fsp3) is 0.200. The van der Waals surface area contributed by atoms with Gasteiger partial charge in [0.15, 0.2) is 5.76 Å². The quantitative estimate of drug-likeness (QED) is 0.641. The highest BCUT2D eigenvalue weighted by molar-refractivity contribution is 7.37. The summed E-state index contributed by atoms with van der Waals surface area (Å²) in [4.78, 5) is 8.37. The Hall–Kier alpha value is -0.660. The van der Waals surface area contributed by atoms with Gasteiger partial charge in [0, 0.05) is 0 Å². The van der Waals surface area contributed by atoms with Crippen LogP contribution in [0.2, 0.25) is 0 Å². The van der Waals surface area contributed by atoms with E-state index in [1.165, 1.54) is 6.26 Å². The Bertz CT molecular complexity index is 192. The molecule has 0 amide bonds. The molecule has 0 aromatic carbocycles. The van der Waals surface area contributed by atoms with Crippen molar-refractivity contribution in [1.82, 2.24) is 0 Å². The molecule has 1 unspecified atom stereocenters. The minimum atomic E-state index is -2.09. The van der Waals surface area contributed by atoms with E-state index in [1.54, 1.807) is 12.1 Å². The van der Waals surface area contributed by atoms with Crippen LogP contribution in [0, 0.1) is 0 Å². The lowest BCUT2D eigenvalue weighted by atomic mass is 10.5. The van der Waals surface area contributed by atoms with Crippen LogP contribution in [0.25, 0.3) is 0 Å². The minimum absolute atomic E-state index is 0.113. The van der Waals surface area contributed by atoms with Gasteiger partial charge in [0.2, 0.25) is 6.16 Å². The zero-order valence-corrected chi connectivity index (χ0v) is 5.54. The van der Waals surface area contributed by atoms with Crippen LogP contribution in [-0.2, 0) is 10.7 Å². The van der Waals surface area contributed by atoms with E-state index in [9.17, 15) is 4.57 Å². The van der Waals surface area contributed by atoms with Gasteiger partial charge in [-0.25, -0.2) is 0 Å². The van der Waals surface area contributed by atoms with Crippen molar-refractivity contribution >= 4 is 8.03 Å². The van der Waals surface area contributed by atoms with Gasteiger partial charge in [-0.05, 0) is 16.7 Å². The molecular formula is C5H6O3P+. The van der Waals surface area contributed by atoms with E-state index in [-0.39, 0.29) is 6.16 Å². The molecule has 0 radical (unpaired) electrons. The van der Waals surface area contributed by atoms with Gasteiger partial charge in [-0.2, -0.15) is 4.89 Å². The summed E-state index contributed by atoms with van der Waals surface area (Å²) in [6.07, 6.45) is 1.59. The van der Waals surface area contributed by atoms with Crippen molar-refractivity contribution in [3.05, 3.63) is 24.2 Å². The number of hydrogen-bond acceptors (Lipinski definition) is 2. The normalized spacial score (nSPS) is 11.4. The lowest BCUT2D eigenvalue weighted by Gasteiger charge is -1.75. The molecule has 0 aliphatic carbocycles. The summed E-state index contributed by atoms with van der Waals surface area (Å²) < 4.78 is 15.0. The van der Waals surface area contributed by atoms with E-state index in [0.717, 1.165) is 0 Å². The number of furan rings is 1. The molecule has 1 aromatic rings. The lowest BCUT2D eigenvalue weighted by Crippen LogP contribution is -1.70. The van der Waals surface area contributed by atoms with Gasteiger partial charge in [0.25, 0.3) is 0 Å². The average molecular weight is 145 g/mol. The van der Waals surface area contributed by atoms with E-state index >= 15 is 0 Å². The molecular weight excluding hydrogens is 139 g/mol. The van der Waals surface area contributed by atoms with Crippen LogP contribution >= 0.6 is 8.03 Å². The Morgan fingerprint density at radius 3 is 3.00 bits per heavy atom. The maximum atomic E-state index is 10.2. The van der Waals surface area contributed by atoms with Gasteiger partial charge in [0.05, 0.1) is 6.26 Å². The second kappa shape index (κ2) is 2.76. The van der Waals surface area contributed by atoms with Gasteiger partial charge in [-0.15, -0.1) is 0 Å². The first-order valence-electron chi connectivity index (χ1n) is 2.45. The Balaban J connectivity index is 2.58. The summed E-state index contributed by atoms with van der Waals surface area (Å²) in [5.74, 6) is 0.554. The summed E-state index contributed by atoms with van der Waals surface area (Å²) >= 11 is 0. The molecule has 1 rings (SSSR count). The zero-order chi connectivity index (χ0) is 6.69. The summed E-state index contributed by atoms with van der Waals surface area (Å²) in [7, 11) is -2.09. The van der Waals surface area contributed by atoms with Crippen LogP contribution in [0.15, 0.2) is 22.8 Å². The molecule has 0 saturated carbocycles. The van der Waals surface area contributed by atoms with Crippen molar-refractivity contribution < 1.29 is 13.9 Å². The van der Waals surface area contributed by atoms with E-state index in [4.69, 9.17) is 9.31 Å². The highest BCUT2D eigenvalue weighted by Crippen LogP contribution is 2.20.